The molecule has 3 nitrogen and oxygen atoms in total. The normalized spacial score (nSPS) is 31.7. The van der Waals surface area contributed by atoms with E-state index in [-0.39, 0.29) is 0 Å². The largest absolute Gasteiger partial charge is 0.339 e. The summed E-state index contributed by atoms with van der Waals surface area (Å²) in [5.74, 6) is 0.916. The second-order valence-corrected chi connectivity index (χ2v) is 4.34. The van der Waals surface area contributed by atoms with Crippen LogP contribution in [-0.4, -0.2) is 29.7 Å². The highest BCUT2D eigenvalue weighted by molar-refractivity contribution is 5.77. The molecular weight excluding hydrogens is 178 g/mol. The number of hydrogen-bond donors (Lipinski definition) is 0. The molecule has 78 valence electrons. The van der Waals surface area contributed by atoms with Crippen molar-refractivity contribution in [3.05, 3.63) is 0 Å². The monoisotopic (exact) mass is 195 g/mol. The van der Waals surface area contributed by atoms with Gasteiger partial charge >= 0.3 is 0 Å². The highest BCUT2D eigenvalue weighted by Crippen LogP contribution is 2.34. The second-order valence-electron chi connectivity index (χ2n) is 4.34. The Morgan fingerprint density at radius 3 is 3.07 bits per heavy atom. The third kappa shape index (κ3) is 1.68. The molecule has 0 aromatic rings. The lowest BCUT2D eigenvalue weighted by atomic mass is 9.90. The lowest BCUT2D eigenvalue weighted by Gasteiger charge is -2.32. The van der Waals surface area contributed by atoms with Gasteiger partial charge in [0.05, 0.1) is 0 Å². The Morgan fingerprint density at radius 1 is 1.43 bits per heavy atom. The highest BCUT2D eigenvalue weighted by Gasteiger charge is 2.38. The van der Waals surface area contributed by atoms with Gasteiger partial charge in [-0.25, -0.2) is 0 Å². The molecule has 0 aliphatic carbocycles. The number of amides is 1. The van der Waals surface area contributed by atoms with Crippen LogP contribution in [0.3, 0.4) is 0 Å². The Balaban J connectivity index is 1.96. The molecule has 0 bridgehead atoms. The first-order chi connectivity index (χ1) is 6.83. The van der Waals surface area contributed by atoms with Crippen molar-refractivity contribution in [1.29, 1.82) is 0 Å². The van der Waals surface area contributed by atoms with Gasteiger partial charge in [0.1, 0.15) is 6.29 Å². The average Bonchev–Trinajstić information content (AvgIpc) is 2.60. The Hall–Kier alpha value is -0.860. The predicted octanol–water partition coefficient (Wildman–Crippen LogP) is 1.37. The number of aldehydes is 1. The number of hydrogen-bond acceptors (Lipinski definition) is 2. The summed E-state index contributed by atoms with van der Waals surface area (Å²) >= 11 is 0. The number of nitrogens with zero attached hydrogens (tertiary/aromatic N) is 1. The molecule has 2 atom stereocenters. The van der Waals surface area contributed by atoms with Crippen molar-refractivity contribution in [2.75, 3.05) is 6.54 Å². The summed E-state index contributed by atoms with van der Waals surface area (Å²) in [4.78, 5) is 23.9. The van der Waals surface area contributed by atoms with Crippen molar-refractivity contribution >= 4 is 12.2 Å². The summed E-state index contributed by atoms with van der Waals surface area (Å²) < 4.78 is 0. The van der Waals surface area contributed by atoms with Crippen molar-refractivity contribution in [2.45, 2.75) is 44.6 Å². The lowest BCUT2D eigenvalue weighted by Crippen LogP contribution is -2.41. The fourth-order valence-corrected chi connectivity index (χ4v) is 2.84. The first kappa shape index (κ1) is 9.69. The Bertz CT molecular complexity index is 239. The Labute approximate surface area is 84.5 Å². The standard InChI is InChI=1S/C11H17NO2/c13-8-2-3-9-6-7-12-10(9)4-1-5-11(12)14/h8-10H,1-7H2/t9-,10-/m0/s1. The fourth-order valence-electron chi connectivity index (χ4n) is 2.84. The molecule has 2 saturated heterocycles. The minimum absolute atomic E-state index is 0.329. The van der Waals surface area contributed by atoms with Crippen LogP contribution in [0.25, 0.3) is 0 Å². The van der Waals surface area contributed by atoms with Gasteiger partial charge in [-0.15, -0.1) is 0 Å². The van der Waals surface area contributed by atoms with E-state index in [1.807, 2.05) is 4.90 Å². The summed E-state index contributed by atoms with van der Waals surface area (Å²) in [5.41, 5.74) is 0. The molecule has 2 rings (SSSR count). The summed E-state index contributed by atoms with van der Waals surface area (Å²) in [6.45, 7) is 0.924. The van der Waals surface area contributed by atoms with Gasteiger partial charge in [0.2, 0.25) is 5.91 Å². The van der Waals surface area contributed by atoms with E-state index in [4.69, 9.17) is 0 Å². The number of fused-ring (bicyclic) bond motifs is 1. The zero-order valence-corrected chi connectivity index (χ0v) is 8.45. The summed E-state index contributed by atoms with van der Waals surface area (Å²) in [5, 5.41) is 0. The van der Waals surface area contributed by atoms with Crippen molar-refractivity contribution in [1.82, 2.24) is 4.90 Å². The third-order valence-electron chi connectivity index (χ3n) is 3.55. The van der Waals surface area contributed by atoms with E-state index >= 15 is 0 Å². The number of carbonyl (C=O) groups excluding carboxylic acids is 2. The molecule has 0 spiro atoms. The minimum Gasteiger partial charge on any atom is -0.339 e. The van der Waals surface area contributed by atoms with Crippen LogP contribution in [-0.2, 0) is 9.59 Å². The topological polar surface area (TPSA) is 37.4 Å². The molecule has 0 radical (unpaired) electrons. The van der Waals surface area contributed by atoms with Gasteiger partial charge in [0.15, 0.2) is 0 Å². The van der Waals surface area contributed by atoms with E-state index in [1.165, 1.54) is 0 Å². The summed E-state index contributed by atoms with van der Waals surface area (Å²) in [6, 6.07) is 0.455. The summed E-state index contributed by atoms with van der Waals surface area (Å²) in [7, 11) is 0. The minimum atomic E-state index is 0.329. The fraction of sp³-hybridized carbons (Fsp3) is 0.818. The van der Waals surface area contributed by atoms with E-state index in [0.717, 1.165) is 44.9 Å². The number of piperidine rings is 1. The molecule has 0 saturated carbocycles. The van der Waals surface area contributed by atoms with E-state index in [0.29, 0.717) is 24.3 Å². The van der Waals surface area contributed by atoms with Crippen LogP contribution in [0.4, 0.5) is 0 Å². The van der Waals surface area contributed by atoms with Crippen LogP contribution in [0.1, 0.15) is 38.5 Å². The van der Waals surface area contributed by atoms with Gasteiger partial charge < -0.3 is 9.69 Å². The van der Waals surface area contributed by atoms with Gasteiger partial charge in [-0.05, 0) is 31.6 Å². The number of carbonyl (C=O) groups is 2. The average molecular weight is 195 g/mol. The van der Waals surface area contributed by atoms with Gasteiger partial charge in [-0.3, -0.25) is 4.79 Å². The van der Waals surface area contributed by atoms with Crippen molar-refractivity contribution in [3.63, 3.8) is 0 Å². The van der Waals surface area contributed by atoms with Crippen molar-refractivity contribution < 1.29 is 9.59 Å². The quantitative estimate of drug-likeness (QED) is 0.638. The molecule has 0 N–H and O–H groups in total. The molecular formula is C11H17NO2. The third-order valence-corrected chi connectivity index (χ3v) is 3.55. The Kier molecular flexibility index (Phi) is 2.85. The molecule has 0 aromatic heterocycles. The van der Waals surface area contributed by atoms with Crippen LogP contribution in [0.5, 0.6) is 0 Å². The maximum atomic E-state index is 11.6. The van der Waals surface area contributed by atoms with Crippen LogP contribution in [0, 0.1) is 5.92 Å². The Morgan fingerprint density at radius 2 is 2.29 bits per heavy atom. The van der Waals surface area contributed by atoms with E-state index in [2.05, 4.69) is 0 Å². The molecule has 14 heavy (non-hydrogen) atoms. The van der Waals surface area contributed by atoms with E-state index < -0.39 is 0 Å². The smallest absolute Gasteiger partial charge is 0.222 e. The van der Waals surface area contributed by atoms with Crippen LogP contribution >= 0.6 is 0 Å². The summed E-state index contributed by atoms with van der Waals surface area (Å²) in [6.07, 6.45) is 6.64. The SMILES string of the molecule is O=CCC[C@H]1CCN2C(=O)CCC[C@@H]12. The second kappa shape index (κ2) is 4.11. The predicted molar refractivity (Wildman–Crippen MR) is 52.8 cm³/mol. The lowest BCUT2D eigenvalue weighted by molar-refractivity contribution is -0.134. The van der Waals surface area contributed by atoms with Crippen molar-refractivity contribution in [2.24, 2.45) is 5.92 Å². The van der Waals surface area contributed by atoms with Gasteiger partial charge in [-0.1, -0.05) is 0 Å². The molecule has 2 aliphatic heterocycles. The van der Waals surface area contributed by atoms with Crippen molar-refractivity contribution in [3.8, 4) is 0 Å². The van der Waals surface area contributed by atoms with E-state index in [9.17, 15) is 9.59 Å². The maximum absolute atomic E-state index is 11.6. The van der Waals surface area contributed by atoms with Crippen LogP contribution in [0.15, 0.2) is 0 Å². The van der Waals surface area contributed by atoms with Gasteiger partial charge in [0.25, 0.3) is 0 Å². The zero-order chi connectivity index (χ0) is 9.97. The van der Waals surface area contributed by atoms with E-state index in [1.54, 1.807) is 0 Å². The van der Waals surface area contributed by atoms with Crippen LogP contribution in [0.2, 0.25) is 0 Å². The number of rotatable bonds is 3. The zero-order valence-electron chi connectivity index (χ0n) is 8.45. The highest BCUT2D eigenvalue weighted by atomic mass is 16.2. The first-order valence-corrected chi connectivity index (χ1v) is 5.56. The molecule has 0 aromatic carbocycles. The van der Waals surface area contributed by atoms with Gasteiger partial charge in [-0.2, -0.15) is 0 Å². The first-order valence-electron chi connectivity index (χ1n) is 5.56. The molecule has 3 heteroatoms. The molecule has 2 fully saturated rings. The van der Waals surface area contributed by atoms with Gasteiger partial charge in [0, 0.05) is 25.4 Å². The molecule has 0 unspecified atom stereocenters. The molecule has 2 heterocycles. The maximum Gasteiger partial charge on any atom is 0.222 e. The molecule has 2 aliphatic rings. The molecule has 1 amide bonds. The van der Waals surface area contributed by atoms with Crippen LogP contribution < -0.4 is 0 Å².